The van der Waals surface area contributed by atoms with Crippen LogP contribution in [0.2, 0.25) is 5.02 Å². The molecule has 0 aliphatic rings. The lowest BCUT2D eigenvalue weighted by Gasteiger charge is -2.05. The first-order valence-electron chi connectivity index (χ1n) is 4.31. The molecule has 0 amide bonds. The molecule has 0 saturated heterocycles. The maximum atomic E-state index is 5.90. The first-order chi connectivity index (χ1) is 7.08. The van der Waals surface area contributed by atoms with E-state index in [9.17, 15) is 0 Å². The highest BCUT2D eigenvalue weighted by atomic mass is 127. The van der Waals surface area contributed by atoms with Crippen molar-refractivity contribution < 1.29 is 0 Å². The first kappa shape index (κ1) is 11.2. The summed E-state index contributed by atoms with van der Waals surface area (Å²) in [5, 5.41) is 0.738. The van der Waals surface area contributed by atoms with Gasteiger partial charge < -0.3 is 4.98 Å². The van der Waals surface area contributed by atoms with E-state index in [2.05, 4.69) is 27.6 Å². The second-order valence-electron chi connectivity index (χ2n) is 3.21. The Hall–Kier alpha value is -0.330. The van der Waals surface area contributed by atoms with Crippen molar-refractivity contribution >= 4 is 46.4 Å². The normalized spacial score (nSPS) is 10.6. The molecule has 1 N–H and O–H groups in total. The smallest absolute Gasteiger partial charge is 0.182 e. The van der Waals surface area contributed by atoms with Gasteiger partial charge in [0.2, 0.25) is 0 Å². The predicted molar refractivity (Wildman–Crippen MR) is 73.4 cm³/mol. The van der Waals surface area contributed by atoms with Gasteiger partial charge in [0.15, 0.2) is 4.77 Å². The molecule has 0 atom stereocenters. The molecule has 2 rings (SSSR count). The number of aromatic amines is 1. The van der Waals surface area contributed by atoms with Gasteiger partial charge in [-0.25, -0.2) is 0 Å². The molecule has 5 heteroatoms. The summed E-state index contributed by atoms with van der Waals surface area (Å²) < 4.78 is 3.73. The number of rotatable bonds is 1. The molecule has 0 bridgehead atoms. The average Bonchev–Trinajstić information content (AvgIpc) is 2.45. The van der Waals surface area contributed by atoms with Crippen molar-refractivity contribution in [1.29, 1.82) is 0 Å². The second-order valence-corrected chi connectivity index (χ2v) is 5.19. The fraction of sp³-hybridized carbons (Fsp3) is 0.100. The van der Waals surface area contributed by atoms with Crippen LogP contribution >= 0.6 is 46.4 Å². The first-order valence-corrected chi connectivity index (χ1v) is 6.18. The van der Waals surface area contributed by atoms with Gasteiger partial charge in [-0.3, -0.25) is 4.57 Å². The van der Waals surface area contributed by atoms with Gasteiger partial charge in [0.1, 0.15) is 0 Å². The molecule has 0 aliphatic carbocycles. The monoisotopic (exact) mass is 350 g/mol. The lowest BCUT2D eigenvalue weighted by molar-refractivity contribution is 1.02. The Kier molecular flexibility index (Phi) is 3.18. The number of aryl methyl sites for hydroxylation is 1. The third-order valence-electron chi connectivity index (χ3n) is 2.01. The topological polar surface area (TPSA) is 20.7 Å². The molecular weight excluding hydrogens is 343 g/mol. The minimum atomic E-state index is 0.702. The summed E-state index contributed by atoms with van der Waals surface area (Å²) in [6.45, 7) is 1.98. The zero-order valence-electron chi connectivity index (χ0n) is 7.92. The van der Waals surface area contributed by atoms with Gasteiger partial charge in [0, 0.05) is 20.5 Å². The van der Waals surface area contributed by atoms with Crippen LogP contribution in [-0.4, -0.2) is 9.55 Å². The average molecular weight is 351 g/mol. The highest BCUT2D eigenvalue weighted by Crippen LogP contribution is 2.22. The van der Waals surface area contributed by atoms with Crippen LogP contribution in [0.3, 0.4) is 0 Å². The summed E-state index contributed by atoms with van der Waals surface area (Å²) in [4.78, 5) is 3.09. The van der Waals surface area contributed by atoms with Crippen molar-refractivity contribution in [2.45, 2.75) is 6.92 Å². The lowest BCUT2D eigenvalue weighted by atomic mass is 10.3. The van der Waals surface area contributed by atoms with Crippen LogP contribution in [0.4, 0.5) is 0 Å². The molecular formula is C10H8ClIN2S. The van der Waals surface area contributed by atoms with Gasteiger partial charge in [-0.1, -0.05) is 11.6 Å². The Morgan fingerprint density at radius 1 is 1.47 bits per heavy atom. The summed E-state index contributed by atoms with van der Waals surface area (Å²) in [6, 6.07) is 5.75. The Labute approximate surface area is 111 Å². The van der Waals surface area contributed by atoms with Crippen molar-refractivity contribution in [3.05, 3.63) is 43.5 Å². The minimum Gasteiger partial charge on any atom is -0.335 e. The van der Waals surface area contributed by atoms with E-state index >= 15 is 0 Å². The van der Waals surface area contributed by atoms with E-state index in [1.54, 1.807) is 0 Å². The molecule has 1 aromatic heterocycles. The number of aromatic nitrogens is 2. The SMILES string of the molecule is Cc1cn(-c2ccc(Cl)cc2I)c(=S)[nH]1. The molecule has 1 aromatic carbocycles. The molecule has 0 radical (unpaired) electrons. The number of nitrogens with zero attached hydrogens (tertiary/aromatic N) is 1. The Morgan fingerprint density at radius 3 is 2.73 bits per heavy atom. The number of hydrogen-bond acceptors (Lipinski definition) is 1. The summed E-state index contributed by atoms with van der Waals surface area (Å²) in [5.74, 6) is 0. The number of benzene rings is 1. The van der Waals surface area contributed by atoms with Crippen LogP contribution in [0.5, 0.6) is 0 Å². The van der Waals surface area contributed by atoms with Gasteiger partial charge in [0.25, 0.3) is 0 Å². The number of nitrogens with one attached hydrogen (secondary N) is 1. The molecule has 0 unspecified atom stereocenters. The lowest BCUT2D eigenvalue weighted by Crippen LogP contribution is -1.95. The Morgan fingerprint density at radius 2 is 2.20 bits per heavy atom. The highest BCUT2D eigenvalue weighted by Gasteiger charge is 2.04. The van der Waals surface area contributed by atoms with Crippen LogP contribution in [-0.2, 0) is 0 Å². The number of halogens is 2. The molecule has 0 aliphatic heterocycles. The van der Waals surface area contributed by atoms with Gasteiger partial charge >= 0.3 is 0 Å². The van der Waals surface area contributed by atoms with Crippen LogP contribution in [0.1, 0.15) is 5.69 Å². The third kappa shape index (κ3) is 2.26. The van der Waals surface area contributed by atoms with Gasteiger partial charge in [-0.15, -0.1) is 0 Å². The Balaban J connectivity index is 2.64. The van der Waals surface area contributed by atoms with E-state index < -0.39 is 0 Å². The maximum Gasteiger partial charge on any atom is 0.182 e. The minimum absolute atomic E-state index is 0.702. The summed E-state index contributed by atoms with van der Waals surface area (Å²) >= 11 is 13.4. The van der Waals surface area contributed by atoms with E-state index in [-0.39, 0.29) is 0 Å². The molecule has 0 saturated carbocycles. The van der Waals surface area contributed by atoms with Crippen LogP contribution in [0, 0.1) is 15.3 Å². The van der Waals surface area contributed by atoms with Gasteiger partial charge in [-0.05, 0) is 59.9 Å². The van der Waals surface area contributed by atoms with E-state index in [4.69, 9.17) is 23.8 Å². The molecule has 2 nitrogen and oxygen atoms in total. The largest absolute Gasteiger partial charge is 0.335 e. The third-order valence-corrected chi connectivity index (χ3v) is 3.41. The molecule has 0 spiro atoms. The molecule has 1 heterocycles. The van der Waals surface area contributed by atoms with Crippen molar-refractivity contribution in [1.82, 2.24) is 9.55 Å². The number of imidazole rings is 1. The van der Waals surface area contributed by atoms with Crippen LogP contribution in [0.25, 0.3) is 5.69 Å². The van der Waals surface area contributed by atoms with Crippen LogP contribution in [0.15, 0.2) is 24.4 Å². The highest BCUT2D eigenvalue weighted by molar-refractivity contribution is 14.1. The van der Waals surface area contributed by atoms with Crippen molar-refractivity contribution in [2.24, 2.45) is 0 Å². The van der Waals surface area contributed by atoms with Crippen molar-refractivity contribution in [3.8, 4) is 5.69 Å². The predicted octanol–water partition coefficient (Wildman–Crippen LogP) is 4.10. The summed E-state index contributed by atoms with van der Waals surface area (Å²) in [6.07, 6.45) is 1.98. The standard InChI is InChI=1S/C10H8ClIN2S/c1-6-5-14(10(15)13-6)9-3-2-7(11)4-8(9)12/h2-5H,1H3,(H,13,15). The summed E-state index contributed by atoms with van der Waals surface area (Å²) in [7, 11) is 0. The Bertz CT molecular complexity index is 559. The van der Waals surface area contributed by atoms with E-state index in [1.807, 2.05) is 35.9 Å². The zero-order chi connectivity index (χ0) is 11.0. The zero-order valence-corrected chi connectivity index (χ0v) is 11.7. The summed E-state index contributed by atoms with van der Waals surface area (Å²) in [5.41, 5.74) is 2.10. The second kappa shape index (κ2) is 4.27. The molecule has 0 fully saturated rings. The van der Waals surface area contributed by atoms with Gasteiger partial charge in [0.05, 0.1) is 5.69 Å². The van der Waals surface area contributed by atoms with Crippen LogP contribution < -0.4 is 0 Å². The molecule has 78 valence electrons. The maximum absolute atomic E-state index is 5.90. The quantitative estimate of drug-likeness (QED) is 0.606. The van der Waals surface area contributed by atoms with Crippen molar-refractivity contribution in [3.63, 3.8) is 0 Å². The molecule has 15 heavy (non-hydrogen) atoms. The fourth-order valence-corrected chi connectivity index (χ4v) is 2.81. The van der Waals surface area contributed by atoms with E-state index in [0.717, 1.165) is 20.0 Å². The number of hydrogen-bond donors (Lipinski definition) is 1. The molecule has 2 aromatic rings. The fourth-order valence-electron chi connectivity index (χ4n) is 1.37. The van der Waals surface area contributed by atoms with E-state index in [1.165, 1.54) is 0 Å². The van der Waals surface area contributed by atoms with E-state index in [0.29, 0.717) is 4.77 Å². The van der Waals surface area contributed by atoms with Gasteiger partial charge in [-0.2, -0.15) is 0 Å². The van der Waals surface area contributed by atoms with Crippen molar-refractivity contribution in [2.75, 3.05) is 0 Å². The number of H-pyrrole nitrogens is 1.